The monoisotopic (exact) mass is 407 g/mol. The molecular weight excluding hydrogens is 390 g/mol. The fourth-order valence-electron chi connectivity index (χ4n) is 5.66. The standard InChI is InChI=1S/C29H17N3/c1-5-11-26-19(7-1)22-15-18(16-23-20-8-2-6-12-27(20)32(26)29(22)23)31-25-10-4-3-9-21(25)24-17-30-14-13-28(24)31/h1-17H. The number of pyridine rings is 1. The molecule has 8 aromatic rings. The number of rotatable bonds is 1. The minimum Gasteiger partial charge on any atom is -0.309 e. The summed E-state index contributed by atoms with van der Waals surface area (Å²) in [4.78, 5) is 4.41. The highest BCUT2D eigenvalue weighted by molar-refractivity contribution is 6.24. The van der Waals surface area contributed by atoms with Crippen LogP contribution in [0.5, 0.6) is 0 Å². The number of hydrogen-bond acceptors (Lipinski definition) is 1. The Balaban J connectivity index is 1.64. The average molecular weight is 407 g/mol. The molecule has 0 amide bonds. The molecule has 0 unspecified atom stereocenters. The smallest absolute Gasteiger partial charge is 0.0622 e. The van der Waals surface area contributed by atoms with Gasteiger partial charge in [0.05, 0.1) is 27.6 Å². The van der Waals surface area contributed by atoms with Gasteiger partial charge in [-0.2, -0.15) is 0 Å². The molecule has 4 aromatic carbocycles. The van der Waals surface area contributed by atoms with Gasteiger partial charge in [0.2, 0.25) is 0 Å². The molecule has 32 heavy (non-hydrogen) atoms. The molecule has 148 valence electrons. The molecule has 0 aliphatic rings. The summed E-state index contributed by atoms with van der Waals surface area (Å²) in [6, 6.07) is 32.9. The highest BCUT2D eigenvalue weighted by Crippen LogP contribution is 2.41. The lowest BCUT2D eigenvalue weighted by atomic mass is 10.1. The summed E-state index contributed by atoms with van der Waals surface area (Å²) in [5.74, 6) is 0. The van der Waals surface area contributed by atoms with Crippen LogP contribution in [0, 0.1) is 0 Å². The second kappa shape index (κ2) is 5.65. The van der Waals surface area contributed by atoms with E-state index in [1.165, 1.54) is 65.6 Å². The van der Waals surface area contributed by atoms with Crippen molar-refractivity contribution in [2.75, 3.05) is 0 Å². The molecule has 0 fully saturated rings. The molecule has 4 aromatic heterocycles. The summed E-state index contributed by atoms with van der Waals surface area (Å²) in [6.07, 6.45) is 3.86. The summed E-state index contributed by atoms with van der Waals surface area (Å²) in [7, 11) is 0. The van der Waals surface area contributed by atoms with Crippen molar-refractivity contribution in [2.24, 2.45) is 0 Å². The first-order valence-corrected chi connectivity index (χ1v) is 10.9. The van der Waals surface area contributed by atoms with Crippen LogP contribution in [0.25, 0.3) is 65.6 Å². The fourth-order valence-corrected chi connectivity index (χ4v) is 5.66. The van der Waals surface area contributed by atoms with Crippen molar-refractivity contribution in [3.8, 4) is 5.69 Å². The minimum atomic E-state index is 1.18. The van der Waals surface area contributed by atoms with Gasteiger partial charge in [-0.1, -0.05) is 54.6 Å². The molecule has 0 radical (unpaired) electrons. The van der Waals surface area contributed by atoms with Crippen LogP contribution in [0.2, 0.25) is 0 Å². The average Bonchev–Trinajstić information content (AvgIpc) is 3.48. The Morgan fingerprint density at radius 3 is 1.69 bits per heavy atom. The van der Waals surface area contributed by atoms with E-state index < -0.39 is 0 Å². The quantitative estimate of drug-likeness (QED) is 0.279. The van der Waals surface area contributed by atoms with Gasteiger partial charge < -0.3 is 8.97 Å². The van der Waals surface area contributed by atoms with Gasteiger partial charge in [0.1, 0.15) is 0 Å². The van der Waals surface area contributed by atoms with Crippen molar-refractivity contribution in [3.63, 3.8) is 0 Å². The van der Waals surface area contributed by atoms with Gasteiger partial charge >= 0.3 is 0 Å². The second-order valence-corrected chi connectivity index (χ2v) is 8.50. The summed E-state index contributed by atoms with van der Waals surface area (Å²) in [5, 5.41) is 7.59. The van der Waals surface area contributed by atoms with Gasteiger partial charge in [-0.25, -0.2) is 0 Å². The largest absolute Gasteiger partial charge is 0.309 e. The van der Waals surface area contributed by atoms with Gasteiger partial charge in [-0.3, -0.25) is 4.98 Å². The van der Waals surface area contributed by atoms with E-state index in [2.05, 4.69) is 105 Å². The number of fused-ring (bicyclic) bond motifs is 9. The van der Waals surface area contributed by atoms with Gasteiger partial charge in [0.25, 0.3) is 0 Å². The van der Waals surface area contributed by atoms with Gasteiger partial charge in [-0.05, 0) is 36.4 Å². The van der Waals surface area contributed by atoms with Crippen molar-refractivity contribution in [1.29, 1.82) is 0 Å². The summed E-state index contributed by atoms with van der Waals surface area (Å²) in [6.45, 7) is 0. The van der Waals surface area contributed by atoms with Crippen LogP contribution >= 0.6 is 0 Å². The number of para-hydroxylation sites is 3. The summed E-state index contributed by atoms with van der Waals surface area (Å²) in [5.41, 5.74) is 7.40. The SMILES string of the molecule is c1ccc2c(c1)c1cnccc1n2-c1cc2c3ccccc3n3c4ccccc4c(c1)c23. The van der Waals surface area contributed by atoms with E-state index in [0.717, 1.165) is 0 Å². The summed E-state index contributed by atoms with van der Waals surface area (Å²) >= 11 is 0. The third kappa shape index (κ3) is 1.85. The highest BCUT2D eigenvalue weighted by Gasteiger charge is 2.20. The Morgan fingerprint density at radius 2 is 1.03 bits per heavy atom. The highest BCUT2D eigenvalue weighted by atomic mass is 15.0. The predicted octanol–water partition coefficient (Wildman–Crippen LogP) is 7.33. The molecule has 0 saturated carbocycles. The summed E-state index contributed by atoms with van der Waals surface area (Å²) < 4.78 is 4.81. The molecule has 8 rings (SSSR count). The van der Waals surface area contributed by atoms with E-state index in [1.54, 1.807) is 0 Å². The van der Waals surface area contributed by atoms with Crippen molar-refractivity contribution < 1.29 is 0 Å². The first-order valence-electron chi connectivity index (χ1n) is 10.9. The van der Waals surface area contributed by atoms with Crippen LogP contribution in [0.4, 0.5) is 0 Å². The number of benzene rings is 4. The lowest BCUT2D eigenvalue weighted by molar-refractivity contribution is 1.18. The van der Waals surface area contributed by atoms with Crippen molar-refractivity contribution in [1.82, 2.24) is 14.0 Å². The van der Waals surface area contributed by atoms with E-state index in [-0.39, 0.29) is 0 Å². The van der Waals surface area contributed by atoms with E-state index >= 15 is 0 Å². The maximum atomic E-state index is 4.41. The lowest BCUT2D eigenvalue weighted by Crippen LogP contribution is -1.93. The molecular formula is C29H17N3. The van der Waals surface area contributed by atoms with E-state index in [1.807, 2.05) is 12.4 Å². The predicted molar refractivity (Wildman–Crippen MR) is 133 cm³/mol. The molecule has 0 N–H and O–H groups in total. The van der Waals surface area contributed by atoms with Gasteiger partial charge in [-0.15, -0.1) is 0 Å². The van der Waals surface area contributed by atoms with E-state index in [9.17, 15) is 0 Å². The molecule has 0 bridgehead atoms. The zero-order valence-electron chi connectivity index (χ0n) is 17.2. The van der Waals surface area contributed by atoms with Crippen molar-refractivity contribution >= 4 is 59.9 Å². The van der Waals surface area contributed by atoms with Crippen LogP contribution in [0.3, 0.4) is 0 Å². The molecule has 0 atom stereocenters. The second-order valence-electron chi connectivity index (χ2n) is 8.50. The Morgan fingerprint density at radius 1 is 0.500 bits per heavy atom. The Labute approximate surface area is 183 Å². The molecule has 0 spiro atoms. The normalized spacial score (nSPS) is 12.4. The Bertz CT molecular complexity index is 1850. The number of nitrogens with zero attached hydrogens (tertiary/aromatic N) is 3. The van der Waals surface area contributed by atoms with Gasteiger partial charge in [0, 0.05) is 50.4 Å². The van der Waals surface area contributed by atoms with Crippen LogP contribution in [0.15, 0.2) is 103 Å². The van der Waals surface area contributed by atoms with Crippen LogP contribution < -0.4 is 0 Å². The number of hydrogen-bond donors (Lipinski definition) is 0. The molecule has 0 aliphatic heterocycles. The van der Waals surface area contributed by atoms with E-state index in [0.29, 0.717) is 0 Å². The number of aromatic nitrogens is 3. The first kappa shape index (κ1) is 16.3. The first-order chi connectivity index (χ1) is 15.9. The van der Waals surface area contributed by atoms with Crippen molar-refractivity contribution in [2.45, 2.75) is 0 Å². The third-order valence-corrected chi connectivity index (χ3v) is 6.92. The topological polar surface area (TPSA) is 22.2 Å². The maximum absolute atomic E-state index is 4.41. The Hall–Kier alpha value is -4.37. The maximum Gasteiger partial charge on any atom is 0.0622 e. The zero-order chi connectivity index (χ0) is 20.8. The molecule has 0 saturated heterocycles. The lowest BCUT2D eigenvalue weighted by Gasteiger charge is -2.09. The van der Waals surface area contributed by atoms with E-state index in [4.69, 9.17) is 0 Å². The van der Waals surface area contributed by atoms with Crippen molar-refractivity contribution in [3.05, 3.63) is 103 Å². The van der Waals surface area contributed by atoms with Crippen LogP contribution in [-0.4, -0.2) is 14.0 Å². The molecule has 3 heteroatoms. The third-order valence-electron chi connectivity index (χ3n) is 6.92. The zero-order valence-corrected chi connectivity index (χ0v) is 17.2. The molecule has 0 aliphatic carbocycles. The minimum absolute atomic E-state index is 1.18. The molecule has 3 nitrogen and oxygen atoms in total. The molecule has 4 heterocycles. The fraction of sp³-hybridized carbons (Fsp3) is 0. The van der Waals surface area contributed by atoms with Crippen LogP contribution in [0.1, 0.15) is 0 Å². The van der Waals surface area contributed by atoms with Gasteiger partial charge in [0.15, 0.2) is 0 Å². The Kier molecular flexibility index (Phi) is 2.89. The van der Waals surface area contributed by atoms with Crippen LogP contribution in [-0.2, 0) is 0 Å².